The van der Waals surface area contributed by atoms with Gasteiger partial charge >= 0.3 is 0 Å². The van der Waals surface area contributed by atoms with E-state index in [0.717, 1.165) is 12.2 Å². The summed E-state index contributed by atoms with van der Waals surface area (Å²) in [4.78, 5) is 13.8. The SMILES string of the molecule is CSCC[C@@H](N)C(=O)N1CCOC[C@H]1C. The van der Waals surface area contributed by atoms with Gasteiger partial charge in [-0.3, -0.25) is 4.79 Å². The number of rotatable bonds is 4. The first kappa shape index (κ1) is 12.8. The second-order valence-corrected chi connectivity index (χ2v) is 4.83. The van der Waals surface area contributed by atoms with Gasteiger partial charge in [0.1, 0.15) is 0 Å². The van der Waals surface area contributed by atoms with E-state index in [1.54, 1.807) is 11.8 Å². The fourth-order valence-electron chi connectivity index (χ4n) is 1.64. The van der Waals surface area contributed by atoms with Crippen molar-refractivity contribution in [2.24, 2.45) is 5.73 Å². The molecule has 1 fully saturated rings. The molecular formula is C10H20N2O2S. The van der Waals surface area contributed by atoms with Crippen LogP contribution >= 0.6 is 11.8 Å². The highest BCUT2D eigenvalue weighted by Gasteiger charge is 2.27. The molecule has 0 bridgehead atoms. The zero-order valence-corrected chi connectivity index (χ0v) is 10.3. The summed E-state index contributed by atoms with van der Waals surface area (Å²) in [6.45, 7) is 3.93. The van der Waals surface area contributed by atoms with E-state index in [4.69, 9.17) is 10.5 Å². The number of hydrogen-bond acceptors (Lipinski definition) is 4. The second kappa shape index (κ2) is 6.35. The van der Waals surface area contributed by atoms with E-state index in [0.29, 0.717) is 19.8 Å². The van der Waals surface area contributed by atoms with Gasteiger partial charge in [-0.05, 0) is 25.4 Å². The minimum absolute atomic E-state index is 0.0693. The molecule has 0 saturated carbocycles. The van der Waals surface area contributed by atoms with Crippen LogP contribution in [0, 0.1) is 0 Å². The van der Waals surface area contributed by atoms with Gasteiger partial charge in [0.2, 0.25) is 5.91 Å². The van der Waals surface area contributed by atoms with E-state index >= 15 is 0 Å². The quantitative estimate of drug-likeness (QED) is 0.758. The van der Waals surface area contributed by atoms with Crippen molar-refractivity contribution in [1.29, 1.82) is 0 Å². The Morgan fingerprint density at radius 2 is 2.47 bits per heavy atom. The van der Waals surface area contributed by atoms with Crippen LogP contribution in [0.15, 0.2) is 0 Å². The van der Waals surface area contributed by atoms with Crippen molar-refractivity contribution < 1.29 is 9.53 Å². The molecule has 0 aromatic heterocycles. The Labute approximate surface area is 95.5 Å². The summed E-state index contributed by atoms with van der Waals surface area (Å²) >= 11 is 1.72. The number of nitrogens with two attached hydrogens (primary N) is 1. The Balaban J connectivity index is 2.43. The fraction of sp³-hybridized carbons (Fsp3) is 0.900. The summed E-state index contributed by atoms with van der Waals surface area (Å²) in [5.41, 5.74) is 5.85. The van der Waals surface area contributed by atoms with Gasteiger partial charge in [0.05, 0.1) is 25.3 Å². The van der Waals surface area contributed by atoms with Crippen molar-refractivity contribution in [1.82, 2.24) is 4.90 Å². The zero-order valence-electron chi connectivity index (χ0n) is 9.44. The molecule has 5 heteroatoms. The molecule has 1 rings (SSSR count). The van der Waals surface area contributed by atoms with Crippen LogP contribution in [0.1, 0.15) is 13.3 Å². The molecule has 2 N–H and O–H groups in total. The molecule has 2 atom stereocenters. The Kier molecular flexibility index (Phi) is 5.42. The third-order valence-electron chi connectivity index (χ3n) is 2.60. The number of morpholine rings is 1. The molecule has 4 nitrogen and oxygen atoms in total. The molecule has 0 aromatic rings. The lowest BCUT2D eigenvalue weighted by molar-refractivity contribution is -0.140. The highest BCUT2D eigenvalue weighted by Crippen LogP contribution is 2.09. The van der Waals surface area contributed by atoms with E-state index in [1.807, 2.05) is 18.1 Å². The van der Waals surface area contributed by atoms with E-state index in [9.17, 15) is 4.79 Å². The topological polar surface area (TPSA) is 55.6 Å². The lowest BCUT2D eigenvalue weighted by Crippen LogP contribution is -2.53. The summed E-state index contributed by atoms with van der Waals surface area (Å²) in [6.07, 6.45) is 2.78. The Bertz CT molecular complexity index is 214. The minimum Gasteiger partial charge on any atom is -0.377 e. The molecule has 1 saturated heterocycles. The third kappa shape index (κ3) is 3.66. The first-order chi connectivity index (χ1) is 7.16. The second-order valence-electron chi connectivity index (χ2n) is 3.84. The Morgan fingerprint density at radius 1 is 1.73 bits per heavy atom. The molecule has 0 aromatic carbocycles. The standard InChI is InChI=1S/C10H20N2O2S/c1-8-7-14-5-4-12(8)10(13)9(11)3-6-15-2/h8-9H,3-7,11H2,1-2H3/t8-,9-/m1/s1. The van der Waals surface area contributed by atoms with Crippen molar-refractivity contribution in [2.75, 3.05) is 31.8 Å². The van der Waals surface area contributed by atoms with Gasteiger partial charge < -0.3 is 15.4 Å². The zero-order chi connectivity index (χ0) is 11.3. The maximum atomic E-state index is 12.0. The minimum atomic E-state index is -0.349. The maximum absolute atomic E-state index is 12.0. The maximum Gasteiger partial charge on any atom is 0.239 e. The molecule has 15 heavy (non-hydrogen) atoms. The van der Waals surface area contributed by atoms with Gasteiger partial charge in [-0.15, -0.1) is 0 Å². The molecule has 88 valence electrons. The van der Waals surface area contributed by atoms with E-state index in [2.05, 4.69) is 0 Å². The molecule has 1 heterocycles. The normalized spacial score (nSPS) is 23.9. The van der Waals surface area contributed by atoms with Gasteiger partial charge in [-0.25, -0.2) is 0 Å². The van der Waals surface area contributed by atoms with Crippen molar-refractivity contribution in [2.45, 2.75) is 25.4 Å². The number of amides is 1. The van der Waals surface area contributed by atoms with Gasteiger partial charge in [-0.2, -0.15) is 11.8 Å². The van der Waals surface area contributed by atoms with Crippen molar-refractivity contribution in [3.8, 4) is 0 Å². The smallest absolute Gasteiger partial charge is 0.239 e. The first-order valence-electron chi connectivity index (χ1n) is 5.29. The van der Waals surface area contributed by atoms with Gasteiger partial charge in [0.25, 0.3) is 0 Å². The van der Waals surface area contributed by atoms with Crippen LogP contribution in [-0.4, -0.2) is 54.7 Å². The van der Waals surface area contributed by atoms with Gasteiger partial charge in [0.15, 0.2) is 0 Å². The van der Waals surface area contributed by atoms with Gasteiger partial charge in [0, 0.05) is 6.54 Å². The van der Waals surface area contributed by atoms with Crippen LogP contribution in [0.3, 0.4) is 0 Å². The molecule has 0 radical (unpaired) electrons. The van der Waals surface area contributed by atoms with Crippen LogP contribution in [-0.2, 0) is 9.53 Å². The summed E-state index contributed by atoms with van der Waals surface area (Å²) in [7, 11) is 0. The fourth-order valence-corrected chi connectivity index (χ4v) is 2.13. The first-order valence-corrected chi connectivity index (χ1v) is 6.69. The van der Waals surface area contributed by atoms with Crippen LogP contribution in [0.4, 0.5) is 0 Å². The lowest BCUT2D eigenvalue weighted by atomic mass is 10.1. The summed E-state index contributed by atoms with van der Waals surface area (Å²) < 4.78 is 5.28. The monoisotopic (exact) mass is 232 g/mol. The number of hydrogen-bond donors (Lipinski definition) is 1. The average Bonchev–Trinajstić information content (AvgIpc) is 2.25. The van der Waals surface area contributed by atoms with Gasteiger partial charge in [-0.1, -0.05) is 0 Å². The van der Waals surface area contributed by atoms with Crippen LogP contribution in [0.5, 0.6) is 0 Å². The van der Waals surface area contributed by atoms with Crippen molar-refractivity contribution >= 4 is 17.7 Å². The molecule has 1 amide bonds. The lowest BCUT2D eigenvalue weighted by Gasteiger charge is -2.35. The largest absolute Gasteiger partial charge is 0.377 e. The van der Waals surface area contributed by atoms with Crippen LogP contribution in [0.25, 0.3) is 0 Å². The predicted octanol–water partition coefficient (Wildman–Crippen LogP) is 0.314. The number of thioether (sulfide) groups is 1. The van der Waals surface area contributed by atoms with Crippen LogP contribution < -0.4 is 5.73 Å². The van der Waals surface area contributed by atoms with Crippen LogP contribution in [0.2, 0.25) is 0 Å². The summed E-state index contributed by atoms with van der Waals surface area (Å²) in [5.74, 6) is 1.01. The highest BCUT2D eigenvalue weighted by molar-refractivity contribution is 7.98. The Hall–Kier alpha value is -0.260. The predicted molar refractivity (Wildman–Crippen MR) is 63.0 cm³/mol. The summed E-state index contributed by atoms with van der Waals surface area (Å²) in [5, 5.41) is 0. The van der Waals surface area contributed by atoms with E-state index < -0.39 is 0 Å². The molecule has 1 aliphatic rings. The number of ether oxygens (including phenoxy) is 1. The van der Waals surface area contributed by atoms with E-state index in [-0.39, 0.29) is 18.0 Å². The number of carbonyl (C=O) groups excluding carboxylic acids is 1. The van der Waals surface area contributed by atoms with Crippen molar-refractivity contribution in [3.05, 3.63) is 0 Å². The van der Waals surface area contributed by atoms with Crippen molar-refractivity contribution in [3.63, 3.8) is 0 Å². The third-order valence-corrected chi connectivity index (χ3v) is 3.24. The average molecular weight is 232 g/mol. The molecule has 1 aliphatic heterocycles. The number of carbonyl (C=O) groups is 1. The summed E-state index contributed by atoms with van der Waals surface area (Å²) in [6, 6.07) is -0.190. The molecule has 0 aliphatic carbocycles. The molecular weight excluding hydrogens is 212 g/mol. The molecule has 0 unspecified atom stereocenters. The number of nitrogens with zero attached hydrogens (tertiary/aromatic N) is 1. The van der Waals surface area contributed by atoms with E-state index in [1.165, 1.54) is 0 Å². The Morgan fingerprint density at radius 3 is 3.07 bits per heavy atom. The molecule has 0 spiro atoms. The highest BCUT2D eigenvalue weighted by atomic mass is 32.2.